The van der Waals surface area contributed by atoms with E-state index in [0.717, 1.165) is 38.0 Å². The third-order valence-electron chi connectivity index (χ3n) is 6.91. The van der Waals surface area contributed by atoms with Crippen molar-refractivity contribution in [3.8, 4) is 0 Å². The molecule has 3 heteroatoms. The van der Waals surface area contributed by atoms with Gasteiger partial charge in [-0.05, 0) is 69.6 Å². The Morgan fingerprint density at radius 1 is 1.09 bits per heavy atom. The predicted octanol–water partition coefficient (Wildman–Crippen LogP) is 3.67. The van der Waals surface area contributed by atoms with Crippen LogP contribution in [-0.2, 0) is 14.3 Å². The number of ketones is 1. The number of fused-ring (bicyclic) bond motifs is 4. The zero-order chi connectivity index (χ0) is 15.5. The van der Waals surface area contributed by atoms with Gasteiger partial charge in [-0.3, -0.25) is 4.79 Å². The highest BCUT2D eigenvalue weighted by molar-refractivity contribution is 5.89. The normalized spacial score (nSPS) is 45.2. The van der Waals surface area contributed by atoms with Crippen molar-refractivity contribution in [3.05, 3.63) is 12.2 Å². The molecule has 4 bridgehead atoms. The third kappa shape index (κ3) is 2.08. The lowest BCUT2D eigenvalue weighted by atomic mass is 9.74. The summed E-state index contributed by atoms with van der Waals surface area (Å²) in [6, 6.07) is 0. The van der Waals surface area contributed by atoms with Crippen molar-refractivity contribution in [1.29, 1.82) is 0 Å². The Kier molecular flexibility index (Phi) is 3.25. The smallest absolute Gasteiger partial charge is 0.333 e. The summed E-state index contributed by atoms with van der Waals surface area (Å²) in [5.74, 6) is 2.29. The van der Waals surface area contributed by atoms with Gasteiger partial charge in [0.15, 0.2) is 0 Å². The molecular formula is C19H26O3. The maximum Gasteiger partial charge on any atom is 0.333 e. The second-order valence-corrected chi connectivity index (χ2v) is 8.32. The monoisotopic (exact) mass is 302 g/mol. The van der Waals surface area contributed by atoms with Gasteiger partial charge in [-0.15, -0.1) is 0 Å². The van der Waals surface area contributed by atoms with Gasteiger partial charge in [-0.25, -0.2) is 4.79 Å². The second-order valence-electron chi connectivity index (χ2n) is 8.32. The molecule has 0 aromatic rings. The molecule has 6 unspecified atom stereocenters. The molecule has 0 N–H and O–H groups in total. The maximum atomic E-state index is 13.2. The molecule has 0 spiro atoms. The first-order chi connectivity index (χ1) is 10.5. The molecule has 0 aliphatic heterocycles. The van der Waals surface area contributed by atoms with Crippen LogP contribution >= 0.6 is 0 Å². The van der Waals surface area contributed by atoms with E-state index in [1.54, 1.807) is 6.92 Å². The Morgan fingerprint density at radius 2 is 1.91 bits per heavy atom. The molecule has 0 saturated heterocycles. The Balaban J connectivity index is 1.54. The van der Waals surface area contributed by atoms with Gasteiger partial charge in [0.1, 0.15) is 11.4 Å². The lowest BCUT2D eigenvalue weighted by Crippen LogP contribution is -2.45. The average molecular weight is 302 g/mol. The van der Waals surface area contributed by atoms with Gasteiger partial charge >= 0.3 is 5.97 Å². The van der Waals surface area contributed by atoms with Gasteiger partial charge in [0.05, 0.1) is 5.92 Å². The summed E-state index contributed by atoms with van der Waals surface area (Å²) in [4.78, 5) is 25.2. The van der Waals surface area contributed by atoms with E-state index in [-0.39, 0.29) is 17.8 Å². The number of hydrogen-bond donors (Lipinski definition) is 0. The van der Waals surface area contributed by atoms with Crippen molar-refractivity contribution in [2.75, 3.05) is 0 Å². The molecule has 120 valence electrons. The molecule has 3 nitrogen and oxygen atoms in total. The minimum absolute atomic E-state index is 0.0427. The van der Waals surface area contributed by atoms with E-state index in [9.17, 15) is 9.59 Å². The highest BCUT2D eigenvalue weighted by Gasteiger charge is 2.59. The maximum absolute atomic E-state index is 13.2. The van der Waals surface area contributed by atoms with E-state index in [1.165, 1.54) is 19.3 Å². The van der Waals surface area contributed by atoms with E-state index < -0.39 is 5.60 Å². The average Bonchev–Trinajstić information content (AvgIpc) is 3.24. The Labute approximate surface area is 132 Å². The Hall–Kier alpha value is -1.12. The van der Waals surface area contributed by atoms with Crippen LogP contribution in [0.3, 0.4) is 0 Å². The number of carbonyl (C=O) groups is 2. The molecule has 22 heavy (non-hydrogen) atoms. The molecule has 0 heterocycles. The first kappa shape index (κ1) is 14.5. The van der Waals surface area contributed by atoms with Crippen molar-refractivity contribution in [2.24, 2.45) is 29.6 Å². The standard InChI is InChI=1S/C19H26O3/c1-11(2)18(21)22-19-6-5-13(10-19)9-16(19)17(20)15-8-12-3-4-14(15)7-12/h12-16H,1,3-10H2,2H3. The van der Waals surface area contributed by atoms with E-state index >= 15 is 0 Å². The Bertz CT molecular complexity index is 537. The number of rotatable bonds is 4. The molecule has 0 aromatic carbocycles. The molecule has 0 aromatic heterocycles. The number of esters is 1. The van der Waals surface area contributed by atoms with E-state index in [0.29, 0.717) is 23.2 Å². The minimum atomic E-state index is -0.500. The number of hydrogen-bond acceptors (Lipinski definition) is 3. The molecular weight excluding hydrogens is 276 g/mol. The highest BCUT2D eigenvalue weighted by Crippen LogP contribution is 2.57. The quantitative estimate of drug-likeness (QED) is 0.588. The fourth-order valence-corrected chi connectivity index (χ4v) is 5.87. The van der Waals surface area contributed by atoms with Crippen LogP contribution in [0.5, 0.6) is 0 Å². The van der Waals surface area contributed by atoms with Crippen LogP contribution in [-0.4, -0.2) is 17.4 Å². The third-order valence-corrected chi connectivity index (χ3v) is 6.91. The summed E-state index contributed by atoms with van der Waals surface area (Å²) in [6.45, 7) is 5.38. The SMILES string of the molecule is C=C(C)C(=O)OC12CCC(CC1C(=O)C1CC3CCC1C3)C2. The number of ether oxygens (including phenoxy) is 1. The molecule has 4 aliphatic rings. The summed E-state index contributed by atoms with van der Waals surface area (Å²) in [6.07, 6.45) is 8.70. The van der Waals surface area contributed by atoms with Crippen LogP contribution in [0.2, 0.25) is 0 Å². The fourth-order valence-electron chi connectivity index (χ4n) is 5.87. The molecule has 0 amide bonds. The van der Waals surface area contributed by atoms with E-state index in [4.69, 9.17) is 4.74 Å². The first-order valence-corrected chi connectivity index (χ1v) is 8.91. The van der Waals surface area contributed by atoms with Crippen LogP contribution in [0.15, 0.2) is 12.2 Å². The molecule has 4 fully saturated rings. The highest BCUT2D eigenvalue weighted by atomic mass is 16.6. The topological polar surface area (TPSA) is 43.4 Å². The zero-order valence-corrected chi connectivity index (χ0v) is 13.5. The Morgan fingerprint density at radius 3 is 2.50 bits per heavy atom. The van der Waals surface area contributed by atoms with E-state index in [2.05, 4.69) is 6.58 Å². The van der Waals surface area contributed by atoms with Gasteiger partial charge in [-0.2, -0.15) is 0 Å². The molecule has 0 radical (unpaired) electrons. The summed E-state index contributed by atoms with van der Waals surface area (Å²) in [5, 5.41) is 0. The largest absolute Gasteiger partial charge is 0.455 e. The van der Waals surface area contributed by atoms with Crippen molar-refractivity contribution in [2.45, 2.75) is 63.9 Å². The lowest BCUT2D eigenvalue weighted by Gasteiger charge is -2.36. The molecule has 6 atom stereocenters. The van der Waals surface area contributed by atoms with Gasteiger partial charge in [0, 0.05) is 11.5 Å². The van der Waals surface area contributed by atoms with Gasteiger partial charge in [-0.1, -0.05) is 13.0 Å². The van der Waals surface area contributed by atoms with Crippen molar-refractivity contribution in [1.82, 2.24) is 0 Å². The second kappa shape index (κ2) is 4.94. The number of carbonyl (C=O) groups excluding carboxylic acids is 2. The van der Waals surface area contributed by atoms with Crippen LogP contribution in [0.4, 0.5) is 0 Å². The molecule has 4 rings (SSSR count). The fraction of sp³-hybridized carbons (Fsp3) is 0.789. The molecule has 4 aliphatic carbocycles. The van der Waals surface area contributed by atoms with E-state index in [1.807, 2.05) is 0 Å². The van der Waals surface area contributed by atoms with Gasteiger partial charge in [0.25, 0.3) is 0 Å². The van der Waals surface area contributed by atoms with Crippen LogP contribution in [0.1, 0.15) is 58.3 Å². The van der Waals surface area contributed by atoms with Crippen molar-refractivity contribution >= 4 is 11.8 Å². The van der Waals surface area contributed by atoms with Crippen LogP contribution < -0.4 is 0 Å². The van der Waals surface area contributed by atoms with Crippen LogP contribution in [0, 0.1) is 29.6 Å². The van der Waals surface area contributed by atoms with Crippen molar-refractivity contribution < 1.29 is 14.3 Å². The van der Waals surface area contributed by atoms with Crippen LogP contribution in [0.25, 0.3) is 0 Å². The summed E-state index contributed by atoms with van der Waals surface area (Å²) >= 11 is 0. The summed E-state index contributed by atoms with van der Waals surface area (Å²) in [5.41, 5.74) is -0.0598. The van der Waals surface area contributed by atoms with Crippen molar-refractivity contribution in [3.63, 3.8) is 0 Å². The summed E-state index contributed by atoms with van der Waals surface area (Å²) in [7, 11) is 0. The van der Waals surface area contributed by atoms with Gasteiger partial charge in [0.2, 0.25) is 0 Å². The molecule has 4 saturated carbocycles. The van der Waals surface area contributed by atoms with Gasteiger partial charge < -0.3 is 4.74 Å². The number of Topliss-reactive ketones (excluding diaryl/α,β-unsaturated/α-hetero) is 1. The summed E-state index contributed by atoms with van der Waals surface area (Å²) < 4.78 is 5.87. The predicted molar refractivity (Wildman–Crippen MR) is 83.0 cm³/mol. The zero-order valence-electron chi connectivity index (χ0n) is 13.5. The first-order valence-electron chi connectivity index (χ1n) is 8.91. The lowest BCUT2D eigenvalue weighted by molar-refractivity contribution is -0.162. The minimum Gasteiger partial charge on any atom is -0.455 e.